The highest BCUT2D eigenvalue weighted by Gasteiger charge is 2.22. The average Bonchev–Trinajstić information content (AvgIpc) is 2.73. The number of piperazine rings is 1. The molecule has 0 aliphatic carbocycles. The fourth-order valence-corrected chi connectivity index (χ4v) is 3.47. The summed E-state index contributed by atoms with van der Waals surface area (Å²) in [6, 6.07) is 15.6. The van der Waals surface area contributed by atoms with Crippen molar-refractivity contribution in [3.05, 3.63) is 65.3 Å². The first kappa shape index (κ1) is 17.7. The van der Waals surface area contributed by atoms with Crippen LogP contribution in [0.15, 0.2) is 54.7 Å². The van der Waals surface area contributed by atoms with Gasteiger partial charge in [-0.05, 0) is 36.2 Å². The fraction of sp³-hybridized carbons (Fsp3) is 0.286. The zero-order chi connectivity index (χ0) is 18.6. The first-order valence-electron chi connectivity index (χ1n) is 9.18. The summed E-state index contributed by atoms with van der Waals surface area (Å²) in [5.74, 6) is 1.08. The predicted molar refractivity (Wildman–Crippen MR) is 108 cm³/mol. The van der Waals surface area contributed by atoms with Crippen molar-refractivity contribution in [1.82, 2.24) is 14.9 Å². The molecule has 1 aromatic heterocycles. The zero-order valence-electron chi connectivity index (χ0n) is 15.0. The van der Waals surface area contributed by atoms with Gasteiger partial charge in [0.15, 0.2) is 0 Å². The summed E-state index contributed by atoms with van der Waals surface area (Å²) < 4.78 is 0. The fourth-order valence-electron chi connectivity index (χ4n) is 3.35. The Kier molecular flexibility index (Phi) is 5.21. The second kappa shape index (κ2) is 7.92. The number of aromatic nitrogens is 2. The van der Waals surface area contributed by atoms with E-state index in [-0.39, 0.29) is 5.91 Å². The Labute approximate surface area is 163 Å². The molecule has 6 heteroatoms. The quantitative estimate of drug-likeness (QED) is 0.694. The van der Waals surface area contributed by atoms with Gasteiger partial charge in [-0.3, -0.25) is 9.78 Å². The summed E-state index contributed by atoms with van der Waals surface area (Å²) in [5, 5.41) is 0.720. The van der Waals surface area contributed by atoms with Crippen LogP contribution >= 0.6 is 11.6 Å². The summed E-state index contributed by atoms with van der Waals surface area (Å²) in [7, 11) is 0. The largest absolute Gasteiger partial charge is 0.352 e. The second-order valence-electron chi connectivity index (χ2n) is 6.71. The Balaban J connectivity index is 1.32. The van der Waals surface area contributed by atoms with Gasteiger partial charge in [0.25, 0.3) is 0 Å². The molecular weight excluding hydrogens is 360 g/mol. The Morgan fingerprint density at radius 3 is 2.41 bits per heavy atom. The van der Waals surface area contributed by atoms with Crippen molar-refractivity contribution in [3.63, 3.8) is 0 Å². The molecule has 2 aromatic carbocycles. The van der Waals surface area contributed by atoms with Crippen LogP contribution < -0.4 is 4.90 Å². The van der Waals surface area contributed by atoms with E-state index >= 15 is 0 Å². The van der Waals surface area contributed by atoms with Crippen molar-refractivity contribution in [2.45, 2.75) is 12.8 Å². The van der Waals surface area contributed by atoms with Crippen molar-refractivity contribution in [2.24, 2.45) is 0 Å². The summed E-state index contributed by atoms with van der Waals surface area (Å²) in [6.45, 7) is 2.99. The van der Waals surface area contributed by atoms with Crippen LogP contribution in [0.3, 0.4) is 0 Å². The van der Waals surface area contributed by atoms with Gasteiger partial charge in [-0.1, -0.05) is 35.9 Å². The molecule has 1 aliphatic rings. The highest BCUT2D eigenvalue weighted by atomic mass is 35.5. The predicted octanol–water partition coefficient (Wildman–Crippen LogP) is 3.56. The molecule has 3 aromatic rings. The second-order valence-corrected chi connectivity index (χ2v) is 7.15. The van der Waals surface area contributed by atoms with Crippen molar-refractivity contribution >= 4 is 34.4 Å². The number of hydrogen-bond acceptors (Lipinski definition) is 4. The minimum Gasteiger partial charge on any atom is -0.352 e. The topological polar surface area (TPSA) is 49.3 Å². The third kappa shape index (κ3) is 4.19. The number of carbonyl (C=O) groups is 1. The molecule has 1 amide bonds. The minimum atomic E-state index is 0.203. The lowest BCUT2D eigenvalue weighted by Gasteiger charge is -2.35. The van der Waals surface area contributed by atoms with E-state index in [2.05, 4.69) is 9.88 Å². The molecule has 0 N–H and O–H groups in total. The monoisotopic (exact) mass is 380 g/mol. The number of nitrogens with zero attached hydrogens (tertiary/aromatic N) is 4. The van der Waals surface area contributed by atoms with Crippen LogP contribution in [0.2, 0.25) is 5.02 Å². The number of fused-ring (bicyclic) bond motifs is 1. The van der Waals surface area contributed by atoms with E-state index in [1.165, 1.54) is 0 Å². The molecule has 2 heterocycles. The lowest BCUT2D eigenvalue weighted by molar-refractivity contribution is -0.131. The molecule has 5 nitrogen and oxygen atoms in total. The molecule has 1 fully saturated rings. The highest BCUT2D eigenvalue weighted by molar-refractivity contribution is 6.30. The summed E-state index contributed by atoms with van der Waals surface area (Å²) in [6.07, 6.45) is 3.09. The molecule has 1 saturated heterocycles. The van der Waals surface area contributed by atoms with E-state index in [1.807, 2.05) is 59.6 Å². The minimum absolute atomic E-state index is 0.203. The number of amides is 1. The molecule has 4 rings (SSSR count). The van der Waals surface area contributed by atoms with Crippen LogP contribution in [0.25, 0.3) is 11.0 Å². The van der Waals surface area contributed by atoms with E-state index in [0.717, 1.165) is 46.9 Å². The lowest BCUT2D eigenvalue weighted by atomic mass is 10.1. The smallest absolute Gasteiger partial charge is 0.223 e. The van der Waals surface area contributed by atoms with E-state index in [4.69, 9.17) is 16.6 Å². The Hall–Kier alpha value is -2.66. The van der Waals surface area contributed by atoms with Crippen LogP contribution in [0.4, 0.5) is 5.82 Å². The van der Waals surface area contributed by atoms with E-state index in [1.54, 1.807) is 0 Å². The van der Waals surface area contributed by atoms with Gasteiger partial charge in [0.2, 0.25) is 5.91 Å². The SMILES string of the molecule is O=C(CCc1ccc(Cl)cc1)N1CCN(c2cnc3ccccc3n2)CC1. The molecule has 0 saturated carbocycles. The molecular formula is C21H21ClN4O. The lowest BCUT2D eigenvalue weighted by Crippen LogP contribution is -2.49. The molecule has 0 spiro atoms. The number of rotatable bonds is 4. The van der Waals surface area contributed by atoms with Crippen molar-refractivity contribution in [1.29, 1.82) is 0 Å². The van der Waals surface area contributed by atoms with Crippen LogP contribution in [0.5, 0.6) is 0 Å². The van der Waals surface area contributed by atoms with Crippen molar-refractivity contribution in [3.8, 4) is 0 Å². The number of para-hydroxylation sites is 2. The molecule has 1 aliphatic heterocycles. The normalized spacial score (nSPS) is 14.6. The maximum absolute atomic E-state index is 12.5. The Bertz CT molecular complexity index is 936. The van der Waals surface area contributed by atoms with Crippen LogP contribution in [-0.2, 0) is 11.2 Å². The maximum Gasteiger partial charge on any atom is 0.223 e. The van der Waals surface area contributed by atoms with Crippen molar-refractivity contribution < 1.29 is 4.79 Å². The molecule has 138 valence electrons. The van der Waals surface area contributed by atoms with Gasteiger partial charge in [-0.25, -0.2) is 4.98 Å². The van der Waals surface area contributed by atoms with Gasteiger partial charge in [-0.15, -0.1) is 0 Å². The Morgan fingerprint density at radius 1 is 0.963 bits per heavy atom. The summed E-state index contributed by atoms with van der Waals surface area (Å²) in [4.78, 5) is 25.8. The molecule has 0 bridgehead atoms. The average molecular weight is 381 g/mol. The molecule has 27 heavy (non-hydrogen) atoms. The highest BCUT2D eigenvalue weighted by Crippen LogP contribution is 2.18. The van der Waals surface area contributed by atoms with Gasteiger partial charge in [0.1, 0.15) is 5.82 Å². The zero-order valence-corrected chi connectivity index (χ0v) is 15.8. The number of halogens is 1. The van der Waals surface area contributed by atoms with Gasteiger partial charge in [0.05, 0.1) is 17.2 Å². The number of carbonyl (C=O) groups excluding carboxylic acids is 1. The third-order valence-electron chi connectivity index (χ3n) is 4.93. The van der Waals surface area contributed by atoms with Crippen LogP contribution in [0, 0.1) is 0 Å². The number of aryl methyl sites for hydroxylation is 1. The standard InChI is InChI=1S/C21H21ClN4O/c22-17-8-5-16(6-9-17)7-10-21(27)26-13-11-25(12-14-26)20-15-23-18-3-1-2-4-19(18)24-20/h1-6,8-9,15H,7,10-14H2. The van der Waals surface area contributed by atoms with Gasteiger partial charge in [0, 0.05) is 37.6 Å². The van der Waals surface area contributed by atoms with Crippen molar-refractivity contribution in [2.75, 3.05) is 31.1 Å². The van der Waals surface area contributed by atoms with Crippen LogP contribution in [-0.4, -0.2) is 47.0 Å². The van der Waals surface area contributed by atoms with Gasteiger partial charge >= 0.3 is 0 Å². The van der Waals surface area contributed by atoms with E-state index in [0.29, 0.717) is 19.5 Å². The number of anilines is 1. The first-order valence-corrected chi connectivity index (χ1v) is 9.56. The number of hydrogen-bond donors (Lipinski definition) is 0. The number of benzene rings is 2. The van der Waals surface area contributed by atoms with Gasteiger partial charge in [-0.2, -0.15) is 0 Å². The van der Waals surface area contributed by atoms with Crippen LogP contribution in [0.1, 0.15) is 12.0 Å². The summed E-state index contributed by atoms with van der Waals surface area (Å²) >= 11 is 5.90. The summed E-state index contributed by atoms with van der Waals surface area (Å²) in [5.41, 5.74) is 2.94. The van der Waals surface area contributed by atoms with E-state index < -0.39 is 0 Å². The maximum atomic E-state index is 12.5. The molecule has 0 radical (unpaired) electrons. The third-order valence-corrected chi connectivity index (χ3v) is 5.18. The molecule has 0 unspecified atom stereocenters. The molecule has 0 atom stereocenters. The Morgan fingerprint density at radius 2 is 1.67 bits per heavy atom. The van der Waals surface area contributed by atoms with Gasteiger partial charge < -0.3 is 9.80 Å². The first-order chi connectivity index (χ1) is 13.2. The van der Waals surface area contributed by atoms with E-state index in [9.17, 15) is 4.79 Å².